The molecule has 2 heterocycles. The quantitative estimate of drug-likeness (QED) is 0.378. The predicted octanol–water partition coefficient (Wildman–Crippen LogP) is 5.67. The molecular weight excluding hydrogens is 418 g/mol. The number of nitrogens with zero attached hydrogens (tertiary/aromatic N) is 2. The second kappa shape index (κ2) is 8.94. The smallest absolute Gasteiger partial charge is 0.246 e. The van der Waals surface area contributed by atoms with Crippen LogP contribution >= 0.6 is 0 Å². The third-order valence-corrected chi connectivity index (χ3v) is 5.51. The van der Waals surface area contributed by atoms with Gasteiger partial charge in [-0.05, 0) is 67.6 Å². The van der Waals surface area contributed by atoms with Crippen molar-refractivity contribution < 1.29 is 18.7 Å². The molecule has 0 aliphatic heterocycles. The first kappa shape index (κ1) is 21.0. The number of aromatic nitrogens is 2. The number of carbonyl (C=O) groups excluding carboxylic acids is 1. The molecule has 1 fully saturated rings. The topological polar surface area (TPSA) is 86.5 Å². The van der Waals surface area contributed by atoms with E-state index in [2.05, 4.69) is 15.3 Å². The molecule has 1 N–H and O–H groups in total. The van der Waals surface area contributed by atoms with Gasteiger partial charge in [-0.15, -0.1) is 0 Å². The lowest BCUT2D eigenvalue weighted by molar-refractivity contribution is -0.119. The molecule has 1 aliphatic carbocycles. The maximum atomic E-state index is 11.3. The number of benzene rings is 2. The third-order valence-electron chi connectivity index (χ3n) is 5.51. The van der Waals surface area contributed by atoms with Gasteiger partial charge in [0.1, 0.15) is 28.5 Å². The molecule has 0 saturated heterocycles. The number of oxazole rings is 1. The van der Waals surface area contributed by atoms with Crippen LogP contribution in [0.25, 0.3) is 22.7 Å². The van der Waals surface area contributed by atoms with E-state index >= 15 is 0 Å². The highest BCUT2D eigenvalue weighted by atomic mass is 16.5. The molecule has 1 saturated carbocycles. The predicted molar refractivity (Wildman–Crippen MR) is 124 cm³/mol. The van der Waals surface area contributed by atoms with Crippen molar-refractivity contribution in [3.8, 4) is 28.8 Å². The molecule has 0 spiro atoms. The average molecular weight is 444 g/mol. The van der Waals surface area contributed by atoms with Crippen LogP contribution in [-0.2, 0) is 4.79 Å². The monoisotopic (exact) mass is 443 g/mol. The second-order valence-electron chi connectivity index (χ2n) is 8.38. The summed E-state index contributed by atoms with van der Waals surface area (Å²) in [6.07, 6.45) is 4.16. The Kier molecular flexibility index (Phi) is 5.69. The fraction of sp³-hybridized carbons (Fsp3) is 0.269. The molecule has 4 aromatic rings. The zero-order valence-corrected chi connectivity index (χ0v) is 18.6. The fourth-order valence-electron chi connectivity index (χ4n) is 3.54. The molecule has 33 heavy (non-hydrogen) atoms. The summed E-state index contributed by atoms with van der Waals surface area (Å²) in [5.41, 5.74) is 2.93. The average Bonchev–Trinajstić information content (AvgIpc) is 3.54. The number of amides is 1. The van der Waals surface area contributed by atoms with Gasteiger partial charge in [-0.3, -0.25) is 4.79 Å². The van der Waals surface area contributed by atoms with Crippen LogP contribution in [0.15, 0.2) is 65.2 Å². The highest BCUT2D eigenvalue weighted by Gasteiger charge is 2.22. The van der Waals surface area contributed by atoms with Gasteiger partial charge in [0.25, 0.3) is 0 Å². The Morgan fingerprint density at radius 2 is 1.97 bits per heavy atom. The number of rotatable bonds is 8. The van der Waals surface area contributed by atoms with Crippen molar-refractivity contribution in [3.05, 3.63) is 66.4 Å². The molecule has 7 nitrogen and oxygen atoms in total. The molecule has 1 unspecified atom stereocenters. The van der Waals surface area contributed by atoms with Crippen LogP contribution in [0, 0.1) is 5.92 Å². The summed E-state index contributed by atoms with van der Waals surface area (Å²) in [7, 11) is 0. The Morgan fingerprint density at radius 3 is 2.73 bits per heavy atom. The Morgan fingerprint density at radius 1 is 1.12 bits per heavy atom. The number of hydrogen-bond acceptors (Lipinski definition) is 6. The molecule has 5 rings (SSSR count). The normalized spacial score (nSPS) is 14.1. The zero-order valence-electron chi connectivity index (χ0n) is 18.6. The van der Waals surface area contributed by atoms with E-state index in [0.29, 0.717) is 34.6 Å². The van der Waals surface area contributed by atoms with Crippen molar-refractivity contribution in [2.75, 3.05) is 6.61 Å². The summed E-state index contributed by atoms with van der Waals surface area (Å²) in [6, 6.07) is 16.9. The highest BCUT2D eigenvalue weighted by Crippen LogP contribution is 2.31. The first-order chi connectivity index (χ1) is 16.0. The van der Waals surface area contributed by atoms with Crippen LogP contribution < -0.4 is 14.8 Å². The highest BCUT2D eigenvalue weighted by molar-refractivity contribution is 5.77. The lowest BCUT2D eigenvalue weighted by atomic mass is 10.1. The van der Waals surface area contributed by atoms with Gasteiger partial charge in [0.05, 0.1) is 18.8 Å². The van der Waals surface area contributed by atoms with Gasteiger partial charge in [-0.2, -0.15) is 0 Å². The Bertz CT molecular complexity index is 1280. The number of pyridine rings is 1. The SMILES string of the molecule is CC(=O)NC(C)c1ccc2nc(-c3ccc(Oc4cccc(OCC5CC5)c4)cn3)oc2c1. The lowest BCUT2D eigenvalue weighted by Crippen LogP contribution is -2.23. The number of fused-ring (bicyclic) bond motifs is 1. The van der Waals surface area contributed by atoms with Gasteiger partial charge in [-0.25, -0.2) is 9.97 Å². The maximum absolute atomic E-state index is 11.3. The van der Waals surface area contributed by atoms with Gasteiger partial charge in [0, 0.05) is 13.0 Å². The van der Waals surface area contributed by atoms with Gasteiger partial charge < -0.3 is 19.2 Å². The van der Waals surface area contributed by atoms with Crippen molar-refractivity contribution in [1.29, 1.82) is 0 Å². The van der Waals surface area contributed by atoms with E-state index in [0.717, 1.165) is 23.4 Å². The minimum absolute atomic E-state index is 0.0788. The van der Waals surface area contributed by atoms with Crippen molar-refractivity contribution in [2.24, 2.45) is 5.92 Å². The van der Waals surface area contributed by atoms with E-state index in [-0.39, 0.29) is 11.9 Å². The van der Waals surface area contributed by atoms with Gasteiger partial charge in [0.2, 0.25) is 11.8 Å². The van der Waals surface area contributed by atoms with Gasteiger partial charge in [-0.1, -0.05) is 12.1 Å². The second-order valence-corrected chi connectivity index (χ2v) is 8.38. The number of carbonyl (C=O) groups is 1. The van der Waals surface area contributed by atoms with E-state index in [9.17, 15) is 4.79 Å². The summed E-state index contributed by atoms with van der Waals surface area (Å²) in [4.78, 5) is 20.3. The zero-order chi connectivity index (χ0) is 22.8. The van der Waals surface area contributed by atoms with E-state index in [1.165, 1.54) is 19.8 Å². The molecule has 2 aromatic heterocycles. The Balaban J connectivity index is 1.29. The summed E-state index contributed by atoms with van der Waals surface area (Å²) < 4.78 is 17.7. The molecule has 168 valence electrons. The van der Waals surface area contributed by atoms with E-state index < -0.39 is 0 Å². The number of hydrogen-bond donors (Lipinski definition) is 1. The minimum atomic E-state index is -0.118. The summed E-state index contributed by atoms with van der Waals surface area (Å²) in [6.45, 7) is 4.19. The van der Waals surface area contributed by atoms with Gasteiger partial charge >= 0.3 is 0 Å². The van der Waals surface area contributed by atoms with E-state index in [1.807, 2.05) is 61.5 Å². The van der Waals surface area contributed by atoms with Gasteiger partial charge in [0.15, 0.2) is 5.58 Å². The van der Waals surface area contributed by atoms with Crippen molar-refractivity contribution in [2.45, 2.75) is 32.7 Å². The molecule has 7 heteroatoms. The fourth-order valence-corrected chi connectivity index (χ4v) is 3.54. The van der Waals surface area contributed by atoms with E-state index in [1.54, 1.807) is 6.20 Å². The largest absolute Gasteiger partial charge is 0.493 e. The summed E-state index contributed by atoms with van der Waals surface area (Å²) in [5.74, 6) is 3.16. The molecule has 1 amide bonds. The Hall–Kier alpha value is -3.87. The van der Waals surface area contributed by atoms with Crippen LogP contribution in [0.4, 0.5) is 0 Å². The number of ether oxygens (including phenoxy) is 2. The molecular formula is C26H25N3O4. The molecule has 0 bridgehead atoms. The maximum Gasteiger partial charge on any atom is 0.246 e. The first-order valence-corrected chi connectivity index (χ1v) is 11.1. The van der Waals surface area contributed by atoms with Crippen LogP contribution in [0.1, 0.15) is 38.3 Å². The van der Waals surface area contributed by atoms with Crippen LogP contribution in [0.3, 0.4) is 0 Å². The van der Waals surface area contributed by atoms with Crippen molar-refractivity contribution in [3.63, 3.8) is 0 Å². The molecule has 1 atom stereocenters. The van der Waals surface area contributed by atoms with Crippen LogP contribution in [0.5, 0.6) is 17.2 Å². The minimum Gasteiger partial charge on any atom is -0.493 e. The van der Waals surface area contributed by atoms with Crippen LogP contribution in [0.2, 0.25) is 0 Å². The lowest BCUT2D eigenvalue weighted by Gasteiger charge is -2.12. The number of nitrogens with one attached hydrogen (secondary N) is 1. The molecule has 2 aromatic carbocycles. The first-order valence-electron chi connectivity index (χ1n) is 11.1. The standard InChI is InChI=1S/C26H25N3O4/c1-16(28-17(2)30)19-8-10-23-25(12-19)33-26(29-23)24-11-9-22(14-27-24)32-21-5-3-4-20(13-21)31-15-18-6-7-18/h3-5,8-14,16,18H,6-7,15H2,1-2H3,(H,28,30). The summed E-state index contributed by atoms with van der Waals surface area (Å²) >= 11 is 0. The van der Waals surface area contributed by atoms with E-state index in [4.69, 9.17) is 13.9 Å². The van der Waals surface area contributed by atoms with Crippen molar-refractivity contribution in [1.82, 2.24) is 15.3 Å². The van der Waals surface area contributed by atoms with Crippen molar-refractivity contribution >= 4 is 17.0 Å². The summed E-state index contributed by atoms with van der Waals surface area (Å²) in [5, 5.41) is 2.87. The molecule has 0 radical (unpaired) electrons. The molecule has 1 aliphatic rings. The third kappa shape index (κ3) is 5.14. The van der Waals surface area contributed by atoms with Crippen LogP contribution in [-0.4, -0.2) is 22.5 Å². The Labute approximate surface area is 191 Å².